The summed E-state index contributed by atoms with van der Waals surface area (Å²) in [7, 11) is 0. The van der Waals surface area contributed by atoms with Crippen molar-refractivity contribution in [3.63, 3.8) is 0 Å². The Morgan fingerprint density at radius 2 is 1.41 bits per heavy atom. The number of hydrogen-bond acceptors (Lipinski definition) is 1. The second kappa shape index (κ2) is 6.26. The maximum absolute atomic E-state index is 2.42. The van der Waals surface area contributed by atoms with Crippen LogP contribution in [-0.2, 0) is 0 Å². The molecule has 2 aromatic carbocycles. The van der Waals surface area contributed by atoms with Gasteiger partial charge in [-0.3, -0.25) is 0 Å². The molecule has 0 unspecified atom stereocenters. The minimum absolute atomic E-state index is 1.29. The highest BCUT2D eigenvalue weighted by atomic mass is 127. The Balaban J connectivity index is 2.22. The molecule has 0 saturated heterocycles. The summed E-state index contributed by atoms with van der Waals surface area (Å²) in [5.74, 6) is 0. The monoisotopic (exact) mass is 352 g/mol. The standard InChI is InChI=1S/C15H13IS/c1-12(17-14-10-6-3-7-11-14)15(16)13-8-4-2-5-9-13/h2-11H,1H3/b15-12+. The summed E-state index contributed by atoms with van der Waals surface area (Å²) in [6.45, 7) is 2.17. The molecule has 0 aliphatic carbocycles. The molecule has 0 aliphatic rings. The molecule has 0 saturated carbocycles. The molecule has 2 aromatic rings. The van der Waals surface area contributed by atoms with E-state index < -0.39 is 0 Å². The van der Waals surface area contributed by atoms with E-state index in [4.69, 9.17) is 0 Å². The van der Waals surface area contributed by atoms with Gasteiger partial charge < -0.3 is 0 Å². The first-order chi connectivity index (χ1) is 8.27. The van der Waals surface area contributed by atoms with E-state index >= 15 is 0 Å². The lowest BCUT2D eigenvalue weighted by Gasteiger charge is -2.06. The summed E-state index contributed by atoms with van der Waals surface area (Å²) >= 11 is 4.24. The maximum Gasteiger partial charge on any atom is 0.0298 e. The van der Waals surface area contributed by atoms with Crippen molar-refractivity contribution in [1.82, 2.24) is 0 Å². The normalized spacial score (nSPS) is 12.1. The Bertz CT molecular complexity index is 503. The number of allylic oxidation sites excluding steroid dienone is 1. The predicted molar refractivity (Wildman–Crippen MR) is 85.4 cm³/mol. The van der Waals surface area contributed by atoms with E-state index in [0.717, 1.165) is 0 Å². The number of rotatable bonds is 3. The molecule has 0 radical (unpaired) electrons. The van der Waals surface area contributed by atoms with Gasteiger partial charge in [-0.05, 0) is 47.2 Å². The highest BCUT2D eigenvalue weighted by Gasteiger charge is 2.03. The fourth-order valence-corrected chi connectivity index (χ4v) is 3.04. The summed E-state index contributed by atoms with van der Waals surface area (Å²) in [5, 5.41) is 0. The van der Waals surface area contributed by atoms with Gasteiger partial charge in [0.2, 0.25) is 0 Å². The van der Waals surface area contributed by atoms with Gasteiger partial charge in [-0.15, -0.1) is 0 Å². The van der Waals surface area contributed by atoms with Crippen molar-refractivity contribution < 1.29 is 0 Å². The third kappa shape index (κ3) is 3.61. The van der Waals surface area contributed by atoms with Crippen LogP contribution in [0, 0.1) is 0 Å². The highest BCUT2D eigenvalue weighted by molar-refractivity contribution is 14.1. The lowest BCUT2D eigenvalue weighted by Crippen LogP contribution is -1.79. The third-order valence-electron chi connectivity index (χ3n) is 2.35. The molecule has 2 heteroatoms. The lowest BCUT2D eigenvalue weighted by atomic mass is 10.2. The molecule has 2 rings (SSSR count). The van der Waals surface area contributed by atoms with Crippen LogP contribution < -0.4 is 0 Å². The van der Waals surface area contributed by atoms with Crippen LogP contribution in [0.5, 0.6) is 0 Å². The van der Waals surface area contributed by atoms with Gasteiger partial charge >= 0.3 is 0 Å². The Labute approximate surface area is 120 Å². The zero-order chi connectivity index (χ0) is 12.1. The summed E-state index contributed by atoms with van der Waals surface area (Å²) in [5.41, 5.74) is 1.29. The molecule has 0 N–H and O–H groups in total. The van der Waals surface area contributed by atoms with Crippen molar-refractivity contribution in [2.45, 2.75) is 11.8 Å². The summed E-state index contributed by atoms with van der Waals surface area (Å²) in [6, 6.07) is 21.0. The molecule has 17 heavy (non-hydrogen) atoms. The minimum Gasteiger partial charge on any atom is -0.0937 e. The average molecular weight is 352 g/mol. The SMILES string of the molecule is C/C(Sc1ccccc1)=C(\I)c1ccccc1. The van der Waals surface area contributed by atoms with Gasteiger partial charge in [0, 0.05) is 13.4 Å². The topological polar surface area (TPSA) is 0 Å². The molecule has 0 nitrogen and oxygen atoms in total. The van der Waals surface area contributed by atoms with Gasteiger partial charge in [0.1, 0.15) is 0 Å². The second-order valence-corrected chi connectivity index (χ2v) is 6.02. The Morgan fingerprint density at radius 3 is 2.00 bits per heavy atom. The summed E-state index contributed by atoms with van der Waals surface area (Å²) in [4.78, 5) is 2.62. The third-order valence-corrected chi connectivity index (χ3v) is 5.17. The number of benzene rings is 2. The van der Waals surface area contributed by atoms with Crippen LogP contribution in [0.15, 0.2) is 70.5 Å². The van der Waals surface area contributed by atoms with Crippen LogP contribution in [-0.4, -0.2) is 0 Å². The van der Waals surface area contributed by atoms with Crippen molar-refractivity contribution in [2.75, 3.05) is 0 Å². The number of hydrogen-bond donors (Lipinski definition) is 0. The Hall–Kier alpha value is -0.740. The zero-order valence-electron chi connectivity index (χ0n) is 9.56. The van der Waals surface area contributed by atoms with Crippen LogP contribution in [0.3, 0.4) is 0 Å². The Morgan fingerprint density at radius 1 is 0.882 bits per heavy atom. The predicted octanol–water partition coefficient (Wildman–Crippen LogP) is 5.60. The van der Waals surface area contributed by atoms with Gasteiger partial charge in [-0.25, -0.2) is 0 Å². The van der Waals surface area contributed by atoms with Gasteiger partial charge in [0.25, 0.3) is 0 Å². The molecule has 0 aliphatic heterocycles. The van der Waals surface area contributed by atoms with E-state index in [2.05, 4.69) is 78.0 Å². The van der Waals surface area contributed by atoms with Crippen molar-refractivity contribution in [1.29, 1.82) is 0 Å². The van der Waals surface area contributed by atoms with E-state index in [-0.39, 0.29) is 0 Å². The van der Waals surface area contributed by atoms with Gasteiger partial charge in [0.15, 0.2) is 0 Å². The number of halogens is 1. The first-order valence-corrected chi connectivity index (χ1v) is 7.31. The van der Waals surface area contributed by atoms with Crippen molar-refractivity contribution in [3.8, 4) is 0 Å². The molecule has 0 heterocycles. The molecule has 0 amide bonds. The van der Waals surface area contributed by atoms with Crippen LogP contribution in [0.1, 0.15) is 12.5 Å². The Kier molecular flexibility index (Phi) is 4.68. The molecule has 0 spiro atoms. The molecule has 0 bridgehead atoms. The van der Waals surface area contributed by atoms with E-state index in [1.54, 1.807) is 0 Å². The van der Waals surface area contributed by atoms with Crippen LogP contribution in [0.4, 0.5) is 0 Å². The summed E-state index contributed by atoms with van der Waals surface area (Å²) < 4.78 is 1.32. The lowest BCUT2D eigenvalue weighted by molar-refractivity contribution is 1.46. The van der Waals surface area contributed by atoms with Gasteiger partial charge in [-0.2, -0.15) is 0 Å². The molecular weight excluding hydrogens is 339 g/mol. The zero-order valence-corrected chi connectivity index (χ0v) is 12.5. The quantitative estimate of drug-likeness (QED) is 0.512. The van der Waals surface area contributed by atoms with Crippen LogP contribution >= 0.6 is 34.4 Å². The molecule has 0 fully saturated rings. The molecular formula is C15H13IS. The average Bonchev–Trinajstić information content (AvgIpc) is 2.40. The summed E-state index contributed by atoms with van der Waals surface area (Å²) in [6.07, 6.45) is 0. The van der Waals surface area contributed by atoms with Gasteiger partial charge in [0.05, 0.1) is 0 Å². The van der Waals surface area contributed by atoms with Crippen LogP contribution in [0.2, 0.25) is 0 Å². The van der Waals surface area contributed by atoms with Crippen molar-refractivity contribution >= 4 is 37.9 Å². The second-order valence-electron chi connectivity index (χ2n) is 3.65. The number of thioether (sulfide) groups is 1. The van der Waals surface area contributed by atoms with Gasteiger partial charge in [-0.1, -0.05) is 60.3 Å². The molecule has 0 atom stereocenters. The van der Waals surface area contributed by atoms with E-state index in [1.807, 2.05) is 23.9 Å². The van der Waals surface area contributed by atoms with Crippen molar-refractivity contribution in [3.05, 3.63) is 71.1 Å². The van der Waals surface area contributed by atoms with E-state index in [9.17, 15) is 0 Å². The van der Waals surface area contributed by atoms with E-state index in [0.29, 0.717) is 0 Å². The fraction of sp³-hybridized carbons (Fsp3) is 0.0667. The smallest absolute Gasteiger partial charge is 0.0298 e. The van der Waals surface area contributed by atoms with E-state index in [1.165, 1.54) is 18.9 Å². The highest BCUT2D eigenvalue weighted by Crippen LogP contribution is 2.35. The fourth-order valence-electron chi connectivity index (χ4n) is 1.50. The largest absolute Gasteiger partial charge is 0.0937 e. The minimum atomic E-state index is 1.29. The first-order valence-electron chi connectivity index (χ1n) is 5.42. The van der Waals surface area contributed by atoms with Crippen LogP contribution in [0.25, 0.3) is 3.58 Å². The van der Waals surface area contributed by atoms with Crippen molar-refractivity contribution in [2.24, 2.45) is 0 Å². The molecule has 86 valence electrons. The first kappa shape index (κ1) is 12.7. The molecule has 0 aromatic heterocycles. The maximum atomic E-state index is 2.42.